The van der Waals surface area contributed by atoms with Gasteiger partial charge in [-0.3, -0.25) is 0 Å². The molecular weight excluding hydrogens is 217 g/mol. The van der Waals surface area contributed by atoms with Gasteiger partial charge in [-0.15, -0.1) is 0 Å². The summed E-state index contributed by atoms with van der Waals surface area (Å²) in [6.07, 6.45) is 3.95. The van der Waals surface area contributed by atoms with E-state index < -0.39 is 0 Å². The molecule has 0 amide bonds. The highest BCUT2D eigenvalue weighted by molar-refractivity contribution is 5.30. The summed E-state index contributed by atoms with van der Waals surface area (Å²) in [6.45, 7) is 2.97. The van der Waals surface area contributed by atoms with E-state index in [1.807, 2.05) is 6.92 Å². The smallest absolute Gasteiger partial charge is 0.131 e. The van der Waals surface area contributed by atoms with Crippen molar-refractivity contribution in [2.75, 3.05) is 13.7 Å². The molecule has 1 N–H and O–H groups in total. The molecule has 1 fully saturated rings. The van der Waals surface area contributed by atoms with Gasteiger partial charge in [-0.1, -0.05) is 18.9 Å². The average Bonchev–Trinajstić information content (AvgIpc) is 3.12. The van der Waals surface area contributed by atoms with Gasteiger partial charge < -0.3 is 10.1 Å². The molecule has 1 aromatic carbocycles. The van der Waals surface area contributed by atoms with Gasteiger partial charge in [0, 0.05) is 17.7 Å². The van der Waals surface area contributed by atoms with Crippen LogP contribution in [-0.2, 0) is 0 Å². The molecule has 0 spiro atoms. The fourth-order valence-electron chi connectivity index (χ4n) is 2.01. The van der Waals surface area contributed by atoms with Crippen LogP contribution in [0.1, 0.15) is 37.8 Å². The summed E-state index contributed by atoms with van der Waals surface area (Å²) in [4.78, 5) is 0. The molecule has 0 radical (unpaired) electrons. The third kappa shape index (κ3) is 3.43. The summed E-state index contributed by atoms with van der Waals surface area (Å²) in [6, 6.07) is 5.09. The summed E-state index contributed by atoms with van der Waals surface area (Å²) in [7, 11) is 1.55. The normalized spacial score (nSPS) is 16.9. The van der Waals surface area contributed by atoms with Crippen molar-refractivity contribution in [3.8, 4) is 5.75 Å². The topological polar surface area (TPSA) is 21.3 Å². The van der Waals surface area contributed by atoms with Crippen molar-refractivity contribution in [1.82, 2.24) is 5.32 Å². The highest BCUT2D eigenvalue weighted by Crippen LogP contribution is 2.32. The summed E-state index contributed by atoms with van der Waals surface area (Å²) in [5, 5.41) is 3.37. The van der Waals surface area contributed by atoms with Gasteiger partial charge in [0.2, 0.25) is 0 Å². The molecule has 3 heteroatoms. The molecule has 1 saturated carbocycles. The lowest BCUT2D eigenvalue weighted by Gasteiger charge is -2.15. The van der Waals surface area contributed by atoms with Crippen molar-refractivity contribution in [1.29, 1.82) is 0 Å². The molecule has 1 aromatic rings. The highest BCUT2D eigenvalue weighted by atomic mass is 19.1. The van der Waals surface area contributed by atoms with Crippen LogP contribution in [0.5, 0.6) is 5.75 Å². The minimum atomic E-state index is -0.198. The van der Waals surface area contributed by atoms with E-state index in [1.54, 1.807) is 19.2 Å². The van der Waals surface area contributed by atoms with Gasteiger partial charge in [0.25, 0.3) is 0 Å². The first-order chi connectivity index (χ1) is 8.20. The van der Waals surface area contributed by atoms with E-state index in [2.05, 4.69) is 5.32 Å². The molecule has 0 heterocycles. The van der Waals surface area contributed by atoms with Crippen molar-refractivity contribution >= 4 is 0 Å². The van der Waals surface area contributed by atoms with Crippen LogP contribution in [0.25, 0.3) is 0 Å². The van der Waals surface area contributed by atoms with Crippen LogP contribution in [0.4, 0.5) is 4.39 Å². The number of ether oxygens (including phenoxy) is 1. The molecule has 0 aliphatic heterocycles. The lowest BCUT2D eigenvalue weighted by molar-refractivity contribution is 0.409. The van der Waals surface area contributed by atoms with E-state index in [9.17, 15) is 4.39 Å². The fraction of sp³-hybridized carbons (Fsp3) is 0.571. The maximum absolute atomic E-state index is 13.8. The molecule has 1 unspecified atom stereocenters. The highest BCUT2D eigenvalue weighted by Gasteiger charge is 2.20. The van der Waals surface area contributed by atoms with E-state index >= 15 is 0 Å². The number of hydrogen-bond donors (Lipinski definition) is 1. The summed E-state index contributed by atoms with van der Waals surface area (Å²) in [5.74, 6) is 1.28. The van der Waals surface area contributed by atoms with E-state index in [-0.39, 0.29) is 11.9 Å². The van der Waals surface area contributed by atoms with Crippen molar-refractivity contribution < 1.29 is 9.13 Å². The van der Waals surface area contributed by atoms with Gasteiger partial charge in [0.1, 0.15) is 11.6 Å². The third-order valence-electron chi connectivity index (χ3n) is 3.37. The molecule has 94 valence electrons. The van der Waals surface area contributed by atoms with E-state index in [4.69, 9.17) is 4.74 Å². The summed E-state index contributed by atoms with van der Waals surface area (Å²) >= 11 is 0. The molecule has 1 aliphatic carbocycles. The van der Waals surface area contributed by atoms with Crippen LogP contribution < -0.4 is 10.1 Å². The molecule has 2 nitrogen and oxygen atoms in total. The monoisotopic (exact) mass is 237 g/mol. The van der Waals surface area contributed by atoms with Gasteiger partial charge in [0.15, 0.2) is 0 Å². The van der Waals surface area contributed by atoms with Gasteiger partial charge in [-0.05, 0) is 31.9 Å². The molecule has 1 atom stereocenters. The van der Waals surface area contributed by atoms with Crippen LogP contribution in [0.3, 0.4) is 0 Å². The Kier molecular flexibility index (Phi) is 4.00. The zero-order valence-electron chi connectivity index (χ0n) is 10.5. The zero-order chi connectivity index (χ0) is 12.3. The van der Waals surface area contributed by atoms with Gasteiger partial charge >= 0.3 is 0 Å². The Morgan fingerprint density at radius 3 is 2.82 bits per heavy atom. The van der Waals surface area contributed by atoms with Crippen LogP contribution in [0, 0.1) is 11.7 Å². The van der Waals surface area contributed by atoms with Crippen LogP contribution in [-0.4, -0.2) is 13.7 Å². The minimum absolute atomic E-state index is 0.0552. The second-order valence-corrected chi connectivity index (χ2v) is 4.80. The first-order valence-corrected chi connectivity index (χ1v) is 6.27. The predicted molar refractivity (Wildman–Crippen MR) is 66.7 cm³/mol. The van der Waals surface area contributed by atoms with Crippen molar-refractivity contribution in [2.45, 2.75) is 32.2 Å². The second kappa shape index (κ2) is 5.50. The lowest BCUT2D eigenvalue weighted by atomic mass is 10.1. The minimum Gasteiger partial charge on any atom is -0.497 e. The SMILES string of the molecule is COc1ccc(C(C)NCCC2CC2)c(F)c1. The number of halogens is 1. The second-order valence-electron chi connectivity index (χ2n) is 4.80. The number of hydrogen-bond acceptors (Lipinski definition) is 2. The predicted octanol–water partition coefficient (Wildman–Crippen LogP) is 3.29. The van der Waals surface area contributed by atoms with Crippen molar-refractivity contribution in [3.63, 3.8) is 0 Å². The Balaban J connectivity index is 1.90. The van der Waals surface area contributed by atoms with Crippen LogP contribution in [0.15, 0.2) is 18.2 Å². The summed E-state index contributed by atoms with van der Waals surface area (Å²) in [5.41, 5.74) is 0.710. The average molecular weight is 237 g/mol. The Hall–Kier alpha value is -1.09. The first kappa shape index (κ1) is 12.4. The quantitative estimate of drug-likeness (QED) is 0.819. The molecule has 17 heavy (non-hydrogen) atoms. The van der Waals surface area contributed by atoms with Crippen LogP contribution >= 0.6 is 0 Å². The Morgan fingerprint density at radius 2 is 2.24 bits per heavy atom. The van der Waals surface area contributed by atoms with E-state index in [0.717, 1.165) is 12.5 Å². The number of benzene rings is 1. The molecule has 2 rings (SSSR count). The molecule has 0 bridgehead atoms. The number of nitrogens with one attached hydrogen (secondary N) is 1. The standard InChI is InChI=1S/C14H20FNO/c1-10(16-8-7-11-3-4-11)13-6-5-12(17-2)9-14(13)15/h5-6,9-11,16H,3-4,7-8H2,1-2H3. The van der Waals surface area contributed by atoms with Gasteiger partial charge in [0.05, 0.1) is 7.11 Å². The third-order valence-corrected chi connectivity index (χ3v) is 3.37. The molecular formula is C14H20FNO. The summed E-state index contributed by atoms with van der Waals surface area (Å²) < 4.78 is 18.8. The van der Waals surface area contributed by atoms with E-state index in [0.29, 0.717) is 11.3 Å². The number of methoxy groups -OCH3 is 1. The fourth-order valence-corrected chi connectivity index (χ4v) is 2.01. The first-order valence-electron chi connectivity index (χ1n) is 6.27. The Morgan fingerprint density at radius 1 is 1.47 bits per heavy atom. The molecule has 0 aromatic heterocycles. The van der Waals surface area contributed by atoms with Gasteiger partial charge in [-0.2, -0.15) is 0 Å². The van der Waals surface area contributed by atoms with E-state index in [1.165, 1.54) is 25.3 Å². The molecule has 1 aliphatic rings. The van der Waals surface area contributed by atoms with Gasteiger partial charge in [-0.25, -0.2) is 4.39 Å². The maximum atomic E-state index is 13.8. The zero-order valence-corrected chi connectivity index (χ0v) is 10.5. The maximum Gasteiger partial charge on any atom is 0.131 e. The number of rotatable bonds is 6. The lowest BCUT2D eigenvalue weighted by Crippen LogP contribution is -2.21. The van der Waals surface area contributed by atoms with Crippen molar-refractivity contribution in [3.05, 3.63) is 29.6 Å². The Bertz CT molecular complexity index is 376. The van der Waals surface area contributed by atoms with Crippen molar-refractivity contribution in [2.24, 2.45) is 5.92 Å². The Labute approximate surface area is 102 Å². The largest absolute Gasteiger partial charge is 0.497 e. The molecule has 0 saturated heterocycles. The van der Waals surface area contributed by atoms with Crippen LogP contribution in [0.2, 0.25) is 0 Å².